The first-order valence-corrected chi connectivity index (χ1v) is 11.5. The fraction of sp³-hybridized carbons (Fsp3) is 0.480. The van der Waals surface area contributed by atoms with Crippen molar-refractivity contribution >= 4 is 21.9 Å². The number of ether oxygens (including phenoxy) is 3. The highest BCUT2D eigenvalue weighted by Crippen LogP contribution is 2.29. The summed E-state index contributed by atoms with van der Waals surface area (Å²) >= 11 is 3.56. The van der Waals surface area contributed by atoms with Gasteiger partial charge in [0.05, 0.1) is 19.1 Å². The predicted molar refractivity (Wildman–Crippen MR) is 125 cm³/mol. The SMILES string of the molecule is Cc1cc(OCc2ccccc2Br)ccc1C1CN(CCC(=O)OC(C)(C)C)CCO1. The maximum absolute atomic E-state index is 12.0. The fourth-order valence-electron chi connectivity index (χ4n) is 3.61. The zero-order valence-electron chi connectivity index (χ0n) is 18.8. The van der Waals surface area contributed by atoms with E-state index >= 15 is 0 Å². The molecule has 2 aromatic rings. The van der Waals surface area contributed by atoms with Crippen LogP contribution in [0.1, 0.15) is 50.0 Å². The molecule has 1 unspecified atom stereocenters. The molecule has 0 amide bonds. The van der Waals surface area contributed by atoms with Crippen molar-refractivity contribution in [2.45, 2.75) is 52.4 Å². The number of benzene rings is 2. The number of morpholine rings is 1. The van der Waals surface area contributed by atoms with Crippen molar-refractivity contribution in [3.05, 3.63) is 63.6 Å². The monoisotopic (exact) mass is 489 g/mol. The minimum atomic E-state index is -0.442. The third kappa shape index (κ3) is 7.34. The van der Waals surface area contributed by atoms with Crippen LogP contribution in [0.5, 0.6) is 5.75 Å². The summed E-state index contributed by atoms with van der Waals surface area (Å²) < 4.78 is 18.5. The lowest BCUT2D eigenvalue weighted by Crippen LogP contribution is -2.40. The topological polar surface area (TPSA) is 48.0 Å². The summed E-state index contributed by atoms with van der Waals surface area (Å²) in [5.74, 6) is 0.688. The number of nitrogens with zero attached hydrogens (tertiary/aromatic N) is 1. The summed E-state index contributed by atoms with van der Waals surface area (Å²) in [7, 11) is 0. The first kappa shape index (κ1) is 23.8. The Kier molecular flexibility index (Phi) is 8.14. The van der Waals surface area contributed by atoms with E-state index in [0.717, 1.165) is 40.0 Å². The summed E-state index contributed by atoms with van der Waals surface area (Å²) in [6, 6.07) is 14.2. The molecule has 1 atom stereocenters. The summed E-state index contributed by atoms with van der Waals surface area (Å²) in [5.41, 5.74) is 2.97. The van der Waals surface area contributed by atoms with E-state index in [-0.39, 0.29) is 12.1 Å². The number of halogens is 1. The van der Waals surface area contributed by atoms with E-state index in [0.29, 0.717) is 26.2 Å². The van der Waals surface area contributed by atoms with Gasteiger partial charge < -0.3 is 14.2 Å². The highest BCUT2D eigenvalue weighted by Gasteiger charge is 2.24. The molecule has 31 heavy (non-hydrogen) atoms. The second-order valence-corrected chi connectivity index (χ2v) is 9.75. The molecule has 1 heterocycles. The van der Waals surface area contributed by atoms with Gasteiger partial charge in [-0.2, -0.15) is 0 Å². The van der Waals surface area contributed by atoms with Crippen LogP contribution < -0.4 is 4.74 Å². The lowest BCUT2D eigenvalue weighted by molar-refractivity contribution is -0.155. The molecule has 168 valence electrons. The maximum atomic E-state index is 12.0. The molecule has 0 N–H and O–H groups in total. The van der Waals surface area contributed by atoms with E-state index in [1.54, 1.807) is 0 Å². The van der Waals surface area contributed by atoms with Crippen LogP contribution in [0.15, 0.2) is 46.9 Å². The lowest BCUT2D eigenvalue weighted by atomic mass is 10.0. The van der Waals surface area contributed by atoms with Crippen molar-refractivity contribution in [1.82, 2.24) is 4.90 Å². The largest absolute Gasteiger partial charge is 0.489 e. The third-order valence-electron chi connectivity index (χ3n) is 5.14. The summed E-state index contributed by atoms with van der Waals surface area (Å²) in [5, 5.41) is 0. The van der Waals surface area contributed by atoms with Crippen LogP contribution in [0, 0.1) is 6.92 Å². The molecule has 0 radical (unpaired) electrons. The van der Waals surface area contributed by atoms with Gasteiger partial charge in [0.25, 0.3) is 0 Å². The average Bonchev–Trinajstić information content (AvgIpc) is 2.71. The van der Waals surface area contributed by atoms with Gasteiger partial charge in [-0.1, -0.05) is 40.2 Å². The van der Waals surface area contributed by atoms with Crippen molar-refractivity contribution in [2.24, 2.45) is 0 Å². The minimum Gasteiger partial charge on any atom is -0.489 e. The molecule has 1 saturated heterocycles. The molecule has 6 heteroatoms. The average molecular weight is 490 g/mol. The molecule has 5 nitrogen and oxygen atoms in total. The van der Waals surface area contributed by atoms with Gasteiger partial charge in [-0.25, -0.2) is 0 Å². The lowest BCUT2D eigenvalue weighted by Gasteiger charge is -2.33. The van der Waals surface area contributed by atoms with Crippen molar-refractivity contribution in [3.63, 3.8) is 0 Å². The van der Waals surface area contributed by atoms with Crippen LogP contribution in [0.25, 0.3) is 0 Å². The minimum absolute atomic E-state index is 0.00953. The number of aryl methyl sites for hydroxylation is 1. The van der Waals surface area contributed by atoms with E-state index in [9.17, 15) is 4.79 Å². The predicted octanol–water partition coefficient (Wildman–Crippen LogP) is 5.44. The summed E-state index contributed by atoms with van der Waals surface area (Å²) in [4.78, 5) is 14.3. The van der Waals surface area contributed by atoms with Crippen molar-refractivity contribution in [3.8, 4) is 5.75 Å². The molecule has 0 saturated carbocycles. The highest BCUT2D eigenvalue weighted by molar-refractivity contribution is 9.10. The van der Waals surface area contributed by atoms with Crippen LogP contribution in [-0.2, 0) is 20.9 Å². The van der Waals surface area contributed by atoms with Crippen LogP contribution in [0.3, 0.4) is 0 Å². The van der Waals surface area contributed by atoms with Gasteiger partial charge in [0.1, 0.15) is 18.0 Å². The van der Waals surface area contributed by atoms with Crippen molar-refractivity contribution in [1.29, 1.82) is 0 Å². The molecular formula is C25H32BrNO4. The Labute approximate surface area is 193 Å². The molecule has 3 rings (SSSR count). The van der Waals surface area contributed by atoms with E-state index in [1.165, 1.54) is 0 Å². The molecule has 0 aromatic heterocycles. The molecule has 1 aliphatic rings. The number of hydrogen-bond donors (Lipinski definition) is 0. The van der Waals surface area contributed by atoms with Crippen molar-refractivity contribution < 1.29 is 19.0 Å². The molecule has 1 aliphatic heterocycles. The Bertz CT molecular complexity index is 893. The van der Waals surface area contributed by atoms with Gasteiger partial charge in [-0.3, -0.25) is 9.69 Å². The van der Waals surface area contributed by atoms with Crippen LogP contribution in [0.2, 0.25) is 0 Å². The zero-order valence-corrected chi connectivity index (χ0v) is 20.4. The Morgan fingerprint density at radius 2 is 2.00 bits per heavy atom. The maximum Gasteiger partial charge on any atom is 0.307 e. The first-order valence-electron chi connectivity index (χ1n) is 10.7. The quantitative estimate of drug-likeness (QED) is 0.484. The highest BCUT2D eigenvalue weighted by atomic mass is 79.9. The molecule has 2 aromatic carbocycles. The van der Waals surface area contributed by atoms with Crippen molar-refractivity contribution in [2.75, 3.05) is 26.2 Å². The zero-order chi connectivity index (χ0) is 22.4. The number of hydrogen-bond acceptors (Lipinski definition) is 5. The van der Waals surface area contributed by atoms with Gasteiger partial charge in [0.15, 0.2) is 0 Å². The second kappa shape index (κ2) is 10.6. The standard InChI is InChI=1S/C25H32BrNO4/c1-18-15-20(30-17-19-7-5-6-8-22(19)26)9-10-21(18)23-16-27(13-14-29-23)12-11-24(28)31-25(2,3)4/h5-10,15,23H,11-14,16-17H2,1-4H3. The van der Waals surface area contributed by atoms with E-state index in [4.69, 9.17) is 14.2 Å². The van der Waals surface area contributed by atoms with E-state index in [2.05, 4.69) is 39.9 Å². The molecule has 0 bridgehead atoms. The number of carbonyl (C=O) groups excluding carboxylic acids is 1. The van der Waals surface area contributed by atoms with Crippen LogP contribution in [0.4, 0.5) is 0 Å². The molecule has 0 spiro atoms. The van der Waals surface area contributed by atoms with Gasteiger partial charge in [-0.15, -0.1) is 0 Å². The normalized spacial score (nSPS) is 17.4. The number of esters is 1. The summed E-state index contributed by atoms with van der Waals surface area (Å²) in [6.45, 7) is 11.2. The Morgan fingerprint density at radius 1 is 1.23 bits per heavy atom. The number of carbonyl (C=O) groups is 1. The van der Waals surface area contributed by atoms with Gasteiger partial charge in [-0.05, 0) is 57.0 Å². The van der Waals surface area contributed by atoms with Crippen LogP contribution in [-0.4, -0.2) is 42.7 Å². The Hall–Kier alpha value is -1.89. The second-order valence-electron chi connectivity index (χ2n) is 8.89. The first-order chi connectivity index (χ1) is 14.7. The molecule has 0 aliphatic carbocycles. The summed E-state index contributed by atoms with van der Waals surface area (Å²) in [6.07, 6.45) is 0.384. The van der Waals surface area contributed by atoms with Gasteiger partial charge in [0, 0.05) is 29.7 Å². The molecular weight excluding hydrogens is 458 g/mol. The Balaban J connectivity index is 1.55. The smallest absolute Gasteiger partial charge is 0.307 e. The Morgan fingerprint density at radius 3 is 2.71 bits per heavy atom. The van der Waals surface area contributed by atoms with E-state index in [1.807, 2.05) is 51.1 Å². The third-order valence-corrected chi connectivity index (χ3v) is 5.92. The fourth-order valence-corrected chi connectivity index (χ4v) is 4.01. The van der Waals surface area contributed by atoms with E-state index < -0.39 is 5.60 Å². The van der Waals surface area contributed by atoms with Gasteiger partial charge in [0.2, 0.25) is 0 Å². The number of rotatable bonds is 7. The van der Waals surface area contributed by atoms with Gasteiger partial charge >= 0.3 is 5.97 Å². The molecule has 1 fully saturated rings. The van der Waals surface area contributed by atoms with Crippen LogP contribution >= 0.6 is 15.9 Å².